The summed E-state index contributed by atoms with van der Waals surface area (Å²) in [4.78, 5) is 28.5. The van der Waals surface area contributed by atoms with Gasteiger partial charge in [-0.05, 0) is 43.0 Å². The molecule has 3 rings (SSSR count). The summed E-state index contributed by atoms with van der Waals surface area (Å²) in [6, 6.07) is 25.3. The predicted octanol–water partition coefficient (Wildman–Crippen LogP) is 4.62. The highest BCUT2D eigenvalue weighted by molar-refractivity contribution is 5.88. The molecule has 4 heteroatoms. The molecular weight excluding hydrogens is 396 g/mol. The van der Waals surface area contributed by atoms with E-state index in [1.165, 1.54) is 0 Å². The monoisotopic (exact) mass is 428 g/mol. The lowest BCUT2D eigenvalue weighted by atomic mass is 10.00. The van der Waals surface area contributed by atoms with Gasteiger partial charge in [0.05, 0.1) is 6.42 Å². The van der Waals surface area contributed by atoms with Gasteiger partial charge in [0.25, 0.3) is 0 Å². The second-order valence-corrected chi connectivity index (χ2v) is 8.21. The van der Waals surface area contributed by atoms with Crippen molar-refractivity contribution in [2.45, 2.75) is 46.2 Å². The van der Waals surface area contributed by atoms with Crippen LogP contribution in [0.2, 0.25) is 0 Å². The summed E-state index contributed by atoms with van der Waals surface area (Å²) in [6.45, 7) is 6.88. The van der Waals surface area contributed by atoms with E-state index in [-0.39, 0.29) is 18.2 Å². The maximum Gasteiger partial charge on any atom is 0.243 e. The number of amides is 2. The Morgan fingerprint density at radius 1 is 0.875 bits per heavy atom. The van der Waals surface area contributed by atoms with Gasteiger partial charge in [-0.1, -0.05) is 84.4 Å². The first-order chi connectivity index (χ1) is 15.5. The number of nitrogens with one attached hydrogen (secondary N) is 1. The van der Waals surface area contributed by atoms with Crippen molar-refractivity contribution in [2.75, 3.05) is 6.54 Å². The summed E-state index contributed by atoms with van der Waals surface area (Å²) in [5.41, 5.74) is 5.26. The molecule has 166 valence electrons. The van der Waals surface area contributed by atoms with Crippen LogP contribution < -0.4 is 5.32 Å². The largest absolute Gasteiger partial charge is 0.355 e. The normalized spacial score (nSPS) is 11.6. The fourth-order valence-electron chi connectivity index (χ4n) is 3.92. The van der Waals surface area contributed by atoms with Gasteiger partial charge in [-0.3, -0.25) is 9.59 Å². The molecule has 32 heavy (non-hydrogen) atoms. The molecule has 3 aromatic rings. The predicted molar refractivity (Wildman–Crippen MR) is 129 cm³/mol. The van der Waals surface area contributed by atoms with E-state index in [1.807, 2.05) is 99.6 Å². The fourth-order valence-corrected chi connectivity index (χ4v) is 3.92. The van der Waals surface area contributed by atoms with Crippen LogP contribution in [0.5, 0.6) is 0 Å². The molecule has 1 atom stereocenters. The van der Waals surface area contributed by atoms with Crippen LogP contribution >= 0.6 is 0 Å². The van der Waals surface area contributed by atoms with E-state index in [4.69, 9.17) is 0 Å². The highest BCUT2D eigenvalue weighted by atomic mass is 16.2. The van der Waals surface area contributed by atoms with Crippen LogP contribution in [-0.2, 0) is 29.0 Å². The van der Waals surface area contributed by atoms with Gasteiger partial charge in [-0.2, -0.15) is 0 Å². The molecule has 1 N–H and O–H groups in total. The number of rotatable bonds is 9. The Bertz CT molecular complexity index is 1050. The zero-order chi connectivity index (χ0) is 22.9. The maximum absolute atomic E-state index is 13.6. The van der Waals surface area contributed by atoms with E-state index in [0.717, 1.165) is 27.8 Å². The smallest absolute Gasteiger partial charge is 0.243 e. The number of hydrogen-bond donors (Lipinski definition) is 1. The lowest BCUT2D eigenvalue weighted by Crippen LogP contribution is -2.51. The second kappa shape index (κ2) is 11.3. The van der Waals surface area contributed by atoms with Gasteiger partial charge in [0.2, 0.25) is 11.8 Å². The first kappa shape index (κ1) is 23.3. The minimum Gasteiger partial charge on any atom is -0.355 e. The van der Waals surface area contributed by atoms with Gasteiger partial charge in [-0.25, -0.2) is 0 Å². The molecule has 0 heterocycles. The van der Waals surface area contributed by atoms with E-state index >= 15 is 0 Å². The summed E-state index contributed by atoms with van der Waals surface area (Å²) >= 11 is 0. The van der Waals surface area contributed by atoms with Crippen molar-refractivity contribution in [3.8, 4) is 0 Å². The number of likely N-dealkylation sites (N-methyl/N-ethyl adjacent to an activating group) is 1. The Hall–Kier alpha value is -3.40. The average molecular weight is 429 g/mol. The van der Waals surface area contributed by atoms with Crippen molar-refractivity contribution in [1.82, 2.24) is 10.2 Å². The molecule has 1 unspecified atom stereocenters. The molecule has 0 bridgehead atoms. The molecule has 2 amide bonds. The van der Waals surface area contributed by atoms with E-state index in [2.05, 4.69) is 5.32 Å². The summed E-state index contributed by atoms with van der Waals surface area (Å²) in [5.74, 6) is -0.173. The van der Waals surface area contributed by atoms with E-state index < -0.39 is 6.04 Å². The second-order valence-electron chi connectivity index (χ2n) is 8.21. The third-order valence-corrected chi connectivity index (χ3v) is 5.66. The Balaban J connectivity index is 1.97. The van der Waals surface area contributed by atoms with E-state index in [0.29, 0.717) is 19.5 Å². The lowest BCUT2D eigenvalue weighted by Gasteiger charge is -2.32. The number of hydrogen-bond acceptors (Lipinski definition) is 2. The van der Waals surface area contributed by atoms with Crippen molar-refractivity contribution in [3.05, 3.63) is 107 Å². The third kappa shape index (κ3) is 6.30. The quantitative estimate of drug-likeness (QED) is 0.541. The number of carbonyl (C=O) groups excluding carboxylic acids is 2. The first-order valence-electron chi connectivity index (χ1n) is 11.2. The highest BCUT2D eigenvalue weighted by Crippen LogP contribution is 2.18. The number of aryl methyl sites for hydroxylation is 2. The van der Waals surface area contributed by atoms with Gasteiger partial charge in [-0.15, -0.1) is 0 Å². The molecule has 0 aliphatic carbocycles. The number of nitrogens with zero attached hydrogens (tertiary/aromatic N) is 1. The Morgan fingerprint density at radius 2 is 1.56 bits per heavy atom. The van der Waals surface area contributed by atoms with Gasteiger partial charge < -0.3 is 10.2 Å². The summed E-state index contributed by atoms with van der Waals surface area (Å²) < 4.78 is 0. The van der Waals surface area contributed by atoms with Crippen LogP contribution in [-0.4, -0.2) is 29.3 Å². The zero-order valence-corrected chi connectivity index (χ0v) is 19.2. The van der Waals surface area contributed by atoms with Crippen LogP contribution in [0, 0.1) is 13.8 Å². The van der Waals surface area contributed by atoms with Gasteiger partial charge in [0.15, 0.2) is 0 Å². The molecule has 0 saturated carbocycles. The average Bonchev–Trinajstić information content (AvgIpc) is 2.78. The summed E-state index contributed by atoms with van der Waals surface area (Å²) in [7, 11) is 0. The SMILES string of the molecule is CCNC(=O)C(Cc1ccccc1)N(Cc1ccccc1C)C(=O)Cc1cccc(C)c1. The minimum absolute atomic E-state index is 0.0500. The van der Waals surface area contributed by atoms with Crippen molar-refractivity contribution < 1.29 is 9.59 Å². The zero-order valence-electron chi connectivity index (χ0n) is 19.2. The van der Waals surface area contributed by atoms with Crippen LogP contribution in [0.15, 0.2) is 78.9 Å². The lowest BCUT2D eigenvalue weighted by molar-refractivity contribution is -0.140. The standard InChI is InChI=1S/C28H32N2O2/c1-4-29-28(32)26(18-23-13-6-5-7-14-23)30(20-25-16-9-8-12-22(25)3)27(31)19-24-15-10-11-21(2)17-24/h5-17,26H,4,18-20H2,1-3H3,(H,29,32). The topological polar surface area (TPSA) is 49.4 Å². The van der Waals surface area contributed by atoms with E-state index in [1.54, 1.807) is 4.90 Å². The fraction of sp³-hybridized carbons (Fsp3) is 0.286. The van der Waals surface area contributed by atoms with Crippen molar-refractivity contribution in [3.63, 3.8) is 0 Å². The number of benzene rings is 3. The Morgan fingerprint density at radius 3 is 2.25 bits per heavy atom. The molecular formula is C28H32N2O2. The molecule has 0 fully saturated rings. The first-order valence-corrected chi connectivity index (χ1v) is 11.2. The van der Waals surface area contributed by atoms with Gasteiger partial charge >= 0.3 is 0 Å². The minimum atomic E-state index is -0.589. The van der Waals surface area contributed by atoms with Crippen molar-refractivity contribution in [1.29, 1.82) is 0 Å². The van der Waals surface area contributed by atoms with Crippen LogP contribution in [0.1, 0.15) is 34.7 Å². The molecule has 3 aromatic carbocycles. The highest BCUT2D eigenvalue weighted by Gasteiger charge is 2.30. The summed E-state index contributed by atoms with van der Waals surface area (Å²) in [6.07, 6.45) is 0.733. The Kier molecular flexibility index (Phi) is 8.20. The van der Waals surface area contributed by atoms with Gasteiger partial charge in [0, 0.05) is 19.5 Å². The molecule has 0 radical (unpaired) electrons. The van der Waals surface area contributed by atoms with Crippen LogP contribution in [0.3, 0.4) is 0 Å². The molecule has 0 aromatic heterocycles. The Labute approximate surface area is 191 Å². The molecule has 0 aliphatic heterocycles. The van der Waals surface area contributed by atoms with Crippen LogP contribution in [0.4, 0.5) is 0 Å². The maximum atomic E-state index is 13.6. The molecule has 0 spiro atoms. The summed E-state index contributed by atoms with van der Waals surface area (Å²) in [5, 5.41) is 2.94. The van der Waals surface area contributed by atoms with Gasteiger partial charge in [0.1, 0.15) is 6.04 Å². The molecule has 0 aliphatic rings. The number of carbonyl (C=O) groups is 2. The van der Waals surface area contributed by atoms with Crippen LogP contribution in [0.25, 0.3) is 0 Å². The van der Waals surface area contributed by atoms with Crippen molar-refractivity contribution >= 4 is 11.8 Å². The molecule has 4 nitrogen and oxygen atoms in total. The van der Waals surface area contributed by atoms with Crippen molar-refractivity contribution in [2.24, 2.45) is 0 Å². The van der Waals surface area contributed by atoms with E-state index in [9.17, 15) is 9.59 Å². The third-order valence-electron chi connectivity index (χ3n) is 5.66. The molecule has 0 saturated heterocycles.